The summed E-state index contributed by atoms with van der Waals surface area (Å²) in [5.74, 6) is 0.405. The third kappa shape index (κ3) is 4.78. The van der Waals surface area contributed by atoms with Crippen molar-refractivity contribution < 1.29 is 4.39 Å². The number of hydrogen-bond acceptors (Lipinski definition) is 1. The fraction of sp³-hybridized carbons (Fsp3) is 0.333. The standard InChI is InChI=1S/C16H17F.C2H7N/c1-3-12(2)13-4-6-14(7-5-13)15-8-10-16(17)11-9-15;1-2-3/h4-12H,3H2,1-2H3;2-3H2,1H3. The first-order chi connectivity index (χ1) is 9.62. The molecule has 0 aliphatic rings. The van der Waals surface area contributed by atoms with Gasteiger partial charge in [0.25, 0.3) is 0 Å². The van der Waals surface area contributed by atoms with Crippen LogP contribution in [0, 0.1) is 5.82 Å². The van der Waals surface area contributed by atoms with Crippen LogP contribution in [0.2, 0.25) is 0 Å². The molecule has 20 heavy (non-hydrogen) atoms. The van der Waals surface area contributed by atoms with Crippen LogP contribution in [0.1, 0.15) is 38.7 Å². The van der Waals surface area contributed by atoms with Crippen molar-refractivity contribution in [2.24, 2.45) is 5.73 Å². The molecule has 0 saturated carbocycles. The fourth-order valence-electron chi connectivity index (χ4n) is 1.88. The fourth-order valence-corrected chi connectivity index (χ4v) is 1.88. The molecule has 2 aromatic carbocycles. The molecular formula is C18H24FN. The third-order valence-corrected chi connectivity index (χ3v) is 3.27. The molecular weight excluding hydrogens is 249 g/mol. The Bertz CT molecular complexity index is 488. The van der Waals surface area contributed by atoms with E-state index in [0.29, 0.717) is 5.92 Å². The molecule has 0 saturated heterocycles. The van der Waals surface area contributed by atoms with Gasteiger partial charge in [0.05, 0.1) is 0 Å². The minimum Gasteiger partial charge on any atom is -0.331 e. The average molecular weight is 273 g/mol. The Kier molecular flexibility index (Phi) is 6.96. The van der Waals surface area contributed by atoms with Gasteiger partial charge in [0, 0.05) is 0 Å². The van der Waals surface area contributed by atoms with E-state index in [0.717, 1.165) is 24.1 Å². The maximum Gasteiger partial charge on any atom is 0.123 e. The molecule has 1 nitrogen and oxygen atoms in total. The SMILES string of the molecule is CCC(C)c1ccc(-c2ccc(F)cc2)cc1.CCN. The van der Waals surface area contributed by atoms with Gasteiger partial charge < -0.3 is 5.73 Å². The summed E-state index contributed by atoms with van der Waals surface area (Å²) in [5.41, 5.74) is 8.40. The van der Waals surface area contributed by atoms with Crippen LogP contribution < -0.4 is 5.73 Å². The molecule has 0 fully saturated rings. The third-order valence-electron chi connectivity index (χ3n) is 3.27. The van der Waals surface area contributed by atoms with Gasteiger partial charge in [-0.3, -0.25) is 0 Å². The van der Waals surface area contributed by atoms with Crippen molar-refractivity contribution in [1.29, 1.82) is 0 Å². The van der Waals surface area contributed by atoms with Crippen LogP contribution >= 0.6 is 0 Å². The molecule has 0 spiro atoms. The van der Waals surface area contributed by atoms with Crippen LogP contribution in [-0.4, -0.2) is 6.54 Å². The quantitative estimate of drug-likeness (QED) is 0.839. The predicted molar refractivity (Wildman–Crippen MR) is 85.3 cm³/mol. The smallest absolute Gasteiger partial charge is 0.123 e. The zero-order valence-corrected chi connectivity index (χ0v) is 12.6. The topological polar surface area (TPSA) is 26.0 Å². The van der Waals surface area contributed by atoms with Gasteiger partial charge in [-0.1, -0.05) is 57.2 Å². The molecule has 0 aliphatic heterocycles. The zero-order valence-electron chi connectivity index (χ0n) is 12.6. The average Bonchev–Trinajstić information content (AvgIpc) is 2.48. The van der Waals surface area contributed by atoms with Gasteiger partial charge in [-0.15, -0.1) is 0 Å². The van der Waals surface area contributed by atoms with Crippen molar-refractivity contribution >= 4 is 0 Å². The number of nitrogens with two attached hydrogens (primary N) is 1. The van der Waals surface area contributed by atoms with E-state index in [9.17, 15) is 4.39 Å². The zero-order chi connectivity index (χ0) is 15.0. The Morgan fingerprint density at radius 1 is 0.900 bits per heavy atom. The number of rotatable bonds is 3. The van der Waals surface area contributed by atoms with E-state index >= 15 is 0 Å². The number of benzene rings is 2. The lowest BCUT2D eigenvalue weighted by Gasteiger charge is -2.09. The Hall–Kier alpha value is -1.67. The molecule has 2 rings (SSSR count). The van der Waals surface area contributed by atoms with Gasteiger partial charge >= 0.3 is 0 Å². The molecule has 2 N–H and O–H groups in total. The van der Waals surface area contributed by atoms with E-state index in [2.05, 4.69) is 38.1 Å². The van der Waals surface area contributed by atoms with Crippen molar-refractivity contribution in [2.75, 3.05) is 6.54 Å². The van der Waals surface area contributed by atoms with Crippen LogP contribution in [0.25, 0.3) is 11.1 Å². The molecule has 0 bridgehead atoms. The Labute approximate surface area is 121 Å². The molecule has 0 aliphatic carbocycles. The van der Waals surface area contributed by atoms with Crippen LogP contribution in [0.5, 0.6) is 0 Å². The van der Waals surface area contributed by atoms with E-state index in [1.807, 2.05) is 19.1 Å². The number of hydrogen-bond donors (Lipinski definition) is 1. The molecule has 0 aromatic heterocycles. The van der Waals surface area contributed by atoms with Crippen LogP contribution in [0.3, 0.4) is 0 Å². The summed E-state index contributed by atoms with van der Waals surface area (Å²) in [6, 6.07) is 15.2. The molecule has 1 atom stereocenters. The molecule has 0 heterocycles. The summed E-state index contributed by atoms with van der Waals surface area (Å²) in [5, 5.41) is 0. The first-order valence-corrected chi connectivity index (χ1v) is 7.18. The highest BCUT2D eigenvalue weighted by Gasteiger charge is 2.03. The van der Waals surface area contributed by atoms with Crippen LogP contribution in [0.15, 0.2) is 48.5 Å². The Morgan fingerprint density at radius 3 is 1.70 bits per heavy atom. The van der Waals surface area contributed by atoms with E-state index in [4.69, 9.17) is 5.73 Å². The highest BCUT2D eigenvalue weighted by Crippen LogP contribution is 2.24. The van der Waals surface area contributed by atoms with Crippen molar-refractivity contribution in [2.45, 2.75) is 33.1 Å². The predicted octanol–water partition coefficient (Wildman–Crippen LogP) is 4.97. The van der Waals surface area contributed by atoms with Crippen LogP contribution in [-0.2, 0) is 0 Å². The lowest BCUT2D eigenvalue weighted by atomic mass is 9.96. The maximum atomic E-state index is 12.8. The van der Waals surface area contributed by atoms with Crippen molar-refractivity contribution in [3.63, 3.8) is 0 Å². The number of halogens is 1. The first-order valence-electron chi connectivity index (χ1n) is 7.18. The summed E-state index contributed by atoms with van der Waals surface area (Å²) < 4.78 is 12.8. The highest BCUT2D eigenvalue weighted by atomic mass is 19.1. The van der Waals surface area contributed by atoms with Gasteiger partial charge in [-0.25, -0.2) is 4.39 Å². The van der Waals surface area contributed by atoms with Gasteiger partial charge in [0.15, 0.2) is 0 Å². The second kappa shape index (κ2) is 8.49. The maximum absolute atomic E-state index is 12.8. The first kappa shape index (κ1) is 16.4. The second-order valence-electron chi connectivity index (χ2n) is 4.85. The Balaban J connectivity index is 0.000000612. The van der Waals surface area contributed by atoms with Crippen molar-refractivity contribution in [3.8, 4) is 11.1 Å². The van der Waals surface area contributed by atoms with Gasteiger partial charge in [0.2, 0.25) is 0 Å². The largest absolute Gasteiger partial charge is 0.331 e. The monoisotopic (exact) mass is 273 g/mol. The molecule has 108 valence electrons. The normalized spacial score (nSPS) is 11.4. The minimum atomic E-state index is -0.190. The minimum absolute atomic E-state index is 0.190. The molecule has 2 heteroatoms. The lowest BCUT2D eigenvalue weighted by molar-refractivity contribution is 0.628. The molecule has 1 unspecified atom stereocenters. The van der Waals surface area contributed by atoms with E-state index < -0.39 is 0 Å². The summed E-state index contributed by atoms with van der Waals surface area (Å²) >= 11 is 0. The Morgan fingerprint density at radius 2 is 1.30 bits per heavy atom. The van der Waals surface area contributed by atoms with Crippen molar-refractivity contribution in [3.05, 3.63) is 59.9 Å². The summed E-state index contributed by atoms with van der Waals surface area (Å²) in [7, 11) is 0. The molecule has 2 aromatic rings. The highest BCUT2D eigenvalue weighted by molar-refractivity contribution is 5.63. The van der Waals surface area contributed by atoms with Gasteiger partial charge in [0.1, 0.15) is 5.82 Å². The second-order valence-corrected chi connectivity index (χ2v) is 4.85. The van der Waals surface area contributed by atoms with E-state index in [-0.39, 0.29) is 5.82 Å². The summed E-state index contributed by atoms with van der Waals surface area (Å²) in [6.45, 7) is 7.07. The van der Waals surface area contributed by atoms with Crippen LogP contribution in [0.4, 0.5) is 4.39 Å². The molecule has 0 radical (unpaired) electrons. The van der Waals surface area contributed by atoms with E-state index in [1.165, 1.54) is 17.7 Å². The van der Waals surface area contributed by atoms with Gasteiger partial charge in [-0.2, -0.15) is 0 Å². The lowest BCUT2D eigenvalue weighted by Crippen LogP contribution is -1.90. The summed E-state index contributed by atoms with van der Waals surface area (Å²) in [6.07, 6.45) is 1.15. The molecule has 0 amide bonds. The van der Waals surface area contributed by atoms with Crippen molar-refractivity contribution in [1.82, 2.24) is 0 Å². The van der Waals surface area contributed by atoms with E-state index in [1.54, 1.807) is 0 Å². The summed E-state index contributed by atoms with van der Waals surface area (Å²) in [4.78, 5) is 0. The van der Waals surface area contributed by atoms with Gasteiger partial charge in [-0.05, 0) is 47.7 Å².